The highest BCUT2D eigenvalue weighted by atomic mass is 35.5. The zero-order valence-corrected chi connectivity index (χ0v) is 15.2. The number of nitrogens with zero attached hydrogens (tertiary/aromatic N) is 3. The molecule has 0 bridgehead atoms. The average molecular weight is 365 g/mol. The lowest BCUT2D eigenvalue weighted by Crippen LogP contribution is -2.44. The minimum absolute atomic E-state index is 0.0984. The van der Waals surface area contributed by atoms with E-state index in [-0.39, 0.29) is 17.8 Å². The third-order valence-electron chi connectivity index (χ3n) is 4.60. The van der Waals surface area contributed by atoms with Gasteiger partial charge in [-0.2, -0.15) is 5.10 Å². The predicted octanol–water partition coefficient (Wildman–Crippen LogP) is 2.92. The van der Waals surface area contributed by atoms with Crippen LogP contribution >= 0.6 is 11.6 Å². The topological polar surface area (TPSA) is 50.2 Å². The molecule has 25 heavy (non-hydrogen) atoms. The molecule has 0 saturated carbocycles. The van der Waals surface area contributed by atoms with E-state index in [9.17, 15) is 9.18 Å². The fourth-order valence-electron chi connectivity index (χ4n) is 3.22. The van der Waals surface area contributed by atoms with Gasteiger partial charge in [-0.3, -0.25) is 14.4 Å². The van der Waals surface area contributed by atoms with Crippen molar-refractivity contribution in [2.24, 2.45) is 7.05 Å². The van der Waals surface area contributed by atoms with Gasteiger partial charge in [-0.15, -0.1) is 0 Å². The molecule has 1 N–H and O–H groups in total. The normalized spacial score (nSPS) is 16.2. The SMILES string of the molecule is Cc1cc(C(=O)NC2CCN(Cc3c(F)cccc3Cl)CC2)n(C)n1. The Hall–Kier alpha value is -1.92. The van der Waals surface area contributed by atoms with Crippen LogP contribution in [0.5, 0.6) is 0 Å². The van der Waals surface area contributed by atoms with Crippen LogP contribution in [0.15, 0.2) is 24.3 Å². The first kappa shape index (κ1) is 17.9. The Labute approximate surface area is 151 Å². The van der Waals surface area contributed by atoms with Crippen LogP contribution in [-0.2, 0) is 13.6 Å². The first-order chi connectivity index (χ1) is 11.9. The van der Waals surface area contributed by atoms with Crippen LogP contribution in [0.1, 0.15) is 34.6 Å². The van der Waals surface area contributed by atoms with Gasteiger partial charge in [0, 0.05) is 43.3 Å². The van der Waals surface area contributed by atoms with Gasteiger partial charge in [-0.05, 0) is 38.0 Å². The number of likely N-dealkylation sites (tertiary alicyclic amines) is 1. The van der Waals surface area contributed by atoms with Crippen LogP contribution in [0.2, 0.25) is 5.02 Å². The summed E-state index contributed by atoms with van der Waals surface area (Å²) in [6.07, 6.45) is 1.66. The Morgan fingerprint density at radius 1 is 1.40 bits per heavy atom. The van der Waals surface area contributed by atoms with Crippen LogP contribution < -0.4 is 5.32 Å². The molecule has 0 atom stereocenters. The summed E-state index contributed by atoms with van der Waals surface area (Å²) >= 11 is 6.10. The highest BCUT2D eigenvalue weighted by molar-refractivity contribution is 6.31. The second kappa shape index (κ2) is 7.54. The van der Waals surface area contributed by atoms with E-state index >= 15 is 0 Å². The van der Waals surface area contributed by atoms with Gasteiger partial charge in [0.15, 0.2) is 0 Å². The fraction of sp³-hybridized carbons (Fsp3) is 0.444. The summed E-state index contributed by atoms with van der Waals surface area (Å²) in [5.41, 5.74) is 1.93. The molecule has 1 saturated heterocycles. The van der Waals surface area contributed by atoms with E-state index in [0.29, 0.717) is 22.8 Å². The van der Waals surface area contributed by atoms with Crippen molar-refractivity contribution in [1.82, 2.24) is 20.0 Å². The number of benzene rings is 1. The van der Waals surface area contributed by atoms with Crippen molar-refractivity contribution in [1.29, 1.82) is 0 Å². The number of amides is 1. The van der Waals surface area contributed by atoms with Crippen molar-refractivity contribution < 1.29 is 9.18 Å². The molecule has 2 aromatic rings. The first-order valence-corrected chi connectivity index (χ1v) is 8.78. The number of nitrogens with one attached hydrogen (secondary N) is 1. The van der Waals surface area contributed by atoms with Crippen molar-refractivity contribution in [3.05, 3.63) is 52.1 Å². The van der Waals surface area contributed by atoms with E-state index in [0.717, 1.165) is 31.6 Å². The van der Waals surface area contributed by atoms with Gasteiger partial charge in [0.05, 0.1) is 5.69 Å². The van der Waals surface area contributed by atoms with Gasteiger partial charge in [0.1, 0.15) is 11.5 Å². The minimum atomic E-state index is -0.269. The maximum atomic E-state index is 13.9. The smallest absolute Gasteiger partial charge is 0.269 e. The van der Waals surface area contributed by atoms with Crippen molar-refractivity contribution in [2.45, 2.75) is 32.4 Å². The molecule has 7 heteroatoms. The second-order valence-electron chi connectivity index (χ2n) is 6.52. The first-order valence-electron chi connectivity index (χ1n) is 8.41. The van der Waals surface area contributed by atoms with Gasteiger partial charge in [0.25, 0.3) is 5.91 Å². The fourth-order valence-corrected chi connectivity index (χ4v) is 3.45. The number of rotatable bonds is 4. The number of hydrogen-bond acceptors (Lipinski definition) is 3. The lowest BCUT2D eigenvalue weighted by molar-refractivity contribution is 0.0899. The summed E-state index contributed by atoms with van der Waals surface area (Å²) in [5, 5.41) is 7.73. The maximum absolute atomic E-state index is 13.9. The number of aryl methyl sites for hydroxylation is 2. The lowest BCUT2D eigenvalue weighted by atomic mass is 10.0. The molecule has 1 fully saturated rings. The molecule has 1 aromatic heterocycles. The van der Waals surface area contributed by atoms with Crippen molar-refractivity contribution >= 4 is 17.5 Å². The molecule has 2 heterocycles. The van der Waals surface area contributed by atoms with Crippen LogP contribution in [0.3, 0.4) is 0 Å². The van der Waals surface area contributed by atoms with Crippen LogP contribution in [0.4, 0.5) is 4.39 Å². The molecule has 5 nitrogen and oxygen atoms in total. The number of halogens is 2. The Kier molecular flexibility index (Phi) is 5.39. The van der Waals surface area contributed by atoms with Gasteiger partial charge in [-0.1, -0.05) is 17.7 Å². The summed E-state index contributed by atoms with van der Waals surface area (Å²) in [6.45, 7) is 3.94. The number of carbonyl (C=O) groups excluding carboxylic acids is 1. The summed E-state index contributed by atoms with van der Waals surface area (Å²) in [5.74, 6) is -0.367. The van der Waals surface area contributed by atoms with E-state index in [1.807, 2.05) is 6.92 Å². The molecular formula is C18H22ClFN4O. The number of aromatic nitrogens is 2. The number of hydrogen-bond donors (Lipinski definition) is 1. The number of piperidine rings is 1. The third-order valence-corrected chi connectivity index (χ3v) is 4.95. The molecule has 3 rings (SSSR count). The minimum Gasteiger partial charge on any atom is -0.348 e. The molecule has 1 aromatic carbocycles. The monoisotopic (exact) mass is 364 g/mol. The molecule has 0 unspecified atom stereocenters. The van der Waals surface area contributed by atoms with E-state index in [2.05, 4.69) is 15.3 Å². The van der Waals surface area contributed by atoms with E-state index in [4.69, 9.17) is 11.6 Å². The van der Waals surface area contributed by atoms with E-state index < -0.39 is 0 Å². The molecule has 1 aliphatic heterocycles. The summed E-state index contributed by atoms with van der Waals surface area (Å²) in [4.78, 5) is 14.5. The average Bonchev–Trinajstić information content (AvgIpc) is 2.91. The third kappa shape index (κ3) is 4.19. The standard InChI is InChI=1S/C18H22ClFN4O/c1-12-10-17(23(2)22-12)18(25)21-13-6-8-24(9-7-13)11-14-15(19)4-3-5-16(14)20/h3-5,10,13H,6-9,11H2,1-2H3,(H,21,25). The highest BCUT2D eigenvalue weighted by Crippen LogP contribution is 2.22. The molecule has 0 aliphatic carbocycles. The van der Waals surface area contributed by atoms with E-state index in [1.54, 1.807) is 29.9 Å². The summed E-state index contributed by atoms with van der Waals surface area (Å²) in [7, 11) is 1.77. The van der Waals surface area contributed by atoms with Crippen LogP contribution in [0, 0.1) is 12.7 Å². The Balaban J connectivity index is 1.54. The van der Waals surface area contributed by atoms with Gasteiger partial charge >= 0.3 is 0 Å². The summed E-state index contributed by atoms with van der Waals surface area (Å²) in [6, 6.07) is 6.66. The lowest BCUT2D eigenvalue weighted by Gasteiger charge is -2.32. The van der Waals surface area contributed by atoms with Crippen molar-refractivity contribution in [3.63, 3.8) is 0 Å². The van der Waals surface area contributed by atoms with Gasteiger partial charge < -0.3 is 5.32 Å². The largest absolute Gasteiger partial charge is 0.348 e. The molecule has 1 amide bonds. The van der Waals surface area contributed by atoms with Crippen LogP contribution in [0.25, 0.3) is 0 Å². The van der Waals surface area contributed by atoms with Crippen molar-refractivity contribution in [3.8, 4) is 0 Å². The highest BCUT2D eigenvalue weighted by Gasteiger charge is 2.23. The van der Waals surface area contributed by atoms with Crippen LogP contribution in [-0.4, -0.2) is 39.7 Å². The van der Waals surface area contributed by atoms with Gasteiger partial charge in [-0.25, -0.2) is 4.39 Å². The molecule has 0 spiro atoms. The second-order valence-corrected chi connectivity index (χ2v) is 6.93. The predicted molar refractivity (Wildman–Crippen MR) is 95.1 cm³/mol. The molecule has 1 aliphatic rings. The maximum Gasteiger partial charge on any atom is 0.269 e. The zero-order chi connectivity index (χ0) is 18.0. The van der Waals surface area contributed by atoms with E-state index in [1.165, 1.54) is 6.07 Å². The summed E-state index contributed by atoms with van der Waals surface area (Å²) < 4.78 is 15.5. The Morgan fingerprint density at radius 3 is 2.72 bits per heavy atom. The quantitative estimate of drug-likeness (QED) is 0.907. The molecule has 0 radical (unpaired) electrons. The Bertz CT molecular complexity index is 748. The number of carbonyl (C=O) groups is 1. The molecular weight excluding hydrogens is 343 g/mol. The van der Waals surface area contributed by atoms with Gasteiger partial charge in [0.2, 0.25) is 0 Å². The zero-order valence-electron chi connectivity index (χ0n) is 14.4. The Morgan fingerprint density at radius 2 is 2.12 bits per heavy atom. The molecule has 134 valence electrons. The van der Waals surface area contributed by atoms with Crippen molar-refractivity contribution in [2.75, 3.05) is 13.1 Å².